The lowest BCUT2D eigenvalue weighted by atomic mass is 9.97. The van der Waals surface area contributed by atoms with Crippen molar-refractivity contribution in [2.24, 2.45) is 0 Å². The fourth-order valence-corrected chi connectivity index (χ4v) is 4.83. The number of thioether (sulfide) groups is 1. The number of anilines is 1. The standard InChI is InChI=1S/C27H22Cl2N2OS/c1-3-33-21-8-9-22(23(16-21)18-12-17(2)13-19(28)14-18)27(32)31-20-7-10-25(29)24(15-20)26-6-4-5-11-30-26/h4-16H,3H2,1-2H3,(H,31,32). The van der Waals surface area contributed by atoms with Gasteiger partial charge in [-0.1, -0.05) is 42.3 Å². The van der Waals surface area contributed by atoms with E-state index in [0.717, 1.165) is 38.6 Å². The molecule has 0 aliphatic heterocycles. The summed E-state index contributed by atoms with van der Waals surface area (Å²) in [5.74, 6) is 0.741. The number of pyridine rings is 1. The number of nitrogens with one attached hydrogen (secondary N) is 1. The van der Waals surface area contributed by atoms with Crippen molar-refractivity contribution in [3.8, 4) is 22.4 Å². The van der Waals surface area contributed by atoms with Crippen LogP contribution in [0.2, 0.25) is 10.0 Å². The van der Waals surface area contributed by atoms with Crippen LogP contribution in [0, 0.1) is 6.92 Å². The van der Waals surface area contributed by atoms with Gasteiger partial charge in [-0.05, 0) is 90.0 Å². The predicted molar refractivity (Wildman–Crippen MR) is 141 cm³/mol. The van der Waals surface area contributed by atoms with E-state index in [4.69, 9.17) is 23.2 Å². The highest BCUT2D eigenvalue weighted by molar-refractivity contribution is 7.99. The molecule has 4 aromatic rings. The number of benzene rings is 3. The third-order valence-corrected chi connectivity index (χ3v) is 6.49. The zero-order chi connectivity index (χ0) is 23.4. The number of carbonyl (C=O) groups excluding carboxylic acids is 1. The number of halogens is 2. The summed E-state index contributed by atoms with van der Waals surface area (Å²) in [6.07, 6.45) is 1.71. The summed E-state index contributed by atoms with van der Waals surface area (Å²) in [6, 6.07) is 22.8. The molecule has 3 nitrogen and oxygen atoms in total. The molecule has 166 valence electrons. The number of hydrogen-bond acceptors (Lipinski definition) is 3. The van der Waals surface area contributed by atoms with E-state index in [0.29, 0.717) is 21.3 Å². The molecule has 33 heavy (non-hydrogen) atoms. The third-order valence-electron chi connectivity index (χ3n) is 5.06. The minimum Gasteiger partial charge on any atom is -0.322 e. The molecule has 0 aliphatic carbocycles. The minimum atomic E-state index is -0.204. The Morgan fingerprint density at radius 3 is 2.55 bits per heavy atom. The van der Waals surface area contributed by atoms with Gasteiger partial charge >= 0.3 is 0 Å². The molecule has 4 rings (SSSR count). The largest absolute Gasteiger partial charge is 0.322 e. The van der Waals surface area contributed by atoms with Crippen LogP contribution in [0.15, 0.2) is 83.9 Å². The van der Waals surface area contributed by atoms with Gasteiger partial charge in [0.05, 0.1) is 10.7 Å². The Morgan fingerprint density at radius 2 is 1.82 bits per heavy atom. The number of aryl methyl sites for hydroxylation is 1. The van der Waals surface area contributed by atoms with E-state index in [2.05, 4.69) is 23.3 Å². The van der Waals surface area contributed by atoms with Crippen molar-refractivity contribution in [3.63, 3.8) is 0 Å². The monoisotopic (exact) mass is 492 g/mol. The SMILES string of the molecule is CCSc1ccc(C(=O)Nc2ccc(Cl)c(-c3ccccn3)c2)c(-c2cc(C)cc(Cl)c2)c1. The second kappa shape index (κ2) is 10.4. The summed E-state index contributed by atoms with van der Waals surface area (Å²) in [6.45, 7) is 4.10. The van der Waals surface area contributed by atoms with E-state index < -0.39 is 0 Å². The summed E-state index contributed by atoms with van der Waals surface area (Å²) < 4.78 is 0. The van der Waals surface area contributed by atoms with E-state index in [1.165, 1.54) is 0 Å². The first-order valence-electron chi connectivity index (χ1n) is 10.5. The Balaban J connectivity index is 1.71. The number of amides is 1. The average molecular weight is 493 g/mol. The summed E-state index contributed by atoms with van der Waals surface area (Å²) in [5.41, 5.74) is 5.52. The first-order valence-corrected chi connectivity index (χ1v) is 12.3. The Labute approximate surface area is 208 Å². The molecule has 6 heteroatoms. The number of hydrogen-bond donors (Lipinski definition) is 1. The van der Waals surface area contributed by atoms with Gasteiger partial charge in [0.15, 0.2) is 0 Å². The van der Waals surface area contributed by atoms with Gasteiger partial charge in [0.1, 0.15) is 0 Å². The molecule has 1 N–H and O–H groups in total. The molecule has 0 spiro atoms. The Bertz CT molecular complexity index is 1290. The van der Waals surface area contributed by atoms with Crippen molar-refractivity contribution in [1.82, 2.24) is 4.98 Å². The maximum atomic E-state index is 13.4. The van der Waals surface area contributed by atoms with Crippen molar-refractivity contribution in [3.05, 3.63) is 100 Å². The van der Waals surface area contributed by atoms with Crippen LogP contribution in [-0.4, -0.2) is 16.6 Å². The van der Waals surface area contributed by atoms with Crippen LogP contribution in [0.3, 0.4) is 0 Å². The fourth-order valence-electron chi connectivity index (χ4n) is 3.63. The maximum Gasteiger partial charge on any atom is 0.256 e. The summed E-state index contributed by atoms with van der Waals surface area (Å²) in [5, 5.41) is 4.23. The second-order valence-electron chi connectivity index (χ2n) is 7.52. The fraction of sp³-hybridized carbons (Fsp3) is 0.111. The van der Waals surface area contributed by atoms with Crippen LogP contribution >= 0.6 is 35.0 Å². The molecule has 0 unspecified atom stereocenters. The van der Waals surface area contributed by atoms with Crippen LogP contribution < -0.4 is 5.32 Å². The summed E-state index contributed by atoms with van der Waals surface area (Å²) in [7, 11) is 0. The van der Waals surface area contributed by atoms with Gasteiger partial charge in [-0.3, -0.25) is 9.78 Å². The molecule has 1 heterocycles. The molecule has 0 bridgehead atoms. The maximum absolute atomic E-state index is 13.4. The first-order chi connectivity index (χ1) is 15.9. The topological polar surface area (TPSA) is 42.0 Å². The Kier molecular flexibility index (Phi) is 7.39. The predicted octanol–water partition coefficient (Wildman–Crippen LogP) is 8.40. The molecule has 1 amide bonds. The highest BCUT2D eigenvalue weighted by Crippen LogP contribution is 2.33. The van der Waals surface area contributed by atoms with Crippen molar-refractivity contribution < 1.29 is 4.79 Å². The van der Waals surface area contributed by atoms with Crippen molar-refractivity contribution >= 4 is 46.6 Å². The summed E-state index contributed by atoms with van der Waals surface area (Å²) >= 11 is 14.5. The molecule has 1 aromatic heterocycles. The quantitative estimate of drug-likeness (QED) is 0.274. The van der Waals surface area contributed by atoms with Crippen LogP contribution in [0.25, 0.3) is 22.4 Å². The number of rotatable bonds is 6. The van der Waals surface area contributed by atoms with Gasteiger partial charge < -0.3 is 5.32 Å². The van der Waals surface area contributed by atoms with Crippen LogP contribution in [-0.2, 0) is 0 Å². The smallest absolute Gasteiger partial charge is 0.256 e. The van der Waals surface area contributed by atoms with Gasteiger partial charge in [0, 0.05) is 32.9 Å². The molecule has 0 aliphatic rings. The van der Waals surface area contributed by atoms with Gasteiger partial charge in [-0.15, -0.1) is 11.8 Å². The molecule has 0 saturated carbocycles. The number of nitrogens with zero attached hydrogens (tertiary/aromatic N) is 1. The highest BCUT2D eigenvalue weighted by atomic mass is 35.5. The van der Waals surface area contributed by atoms with Crippen LogP contribution in [0.5, 0.6) is 0 Å². The Morgan fingerprint density at radius 1 is 0.970 bits per heavy atom. The molecule has 0 radical (unpaired) electrons. The van der Waals surface area contributed by atoms with Crippen molar-refractivity contribution in [1.29, 1.82) is 0 Å². The molecule has 0 atom stereocenters. The van der Waals surface area contributed by atoms with Crippen molar-refractivity contribution in [2.45, 2.75) is 18.7 Å². The first kappa shape index (κ1) is 23.4. The molecular formula is C27H22Cl2N2OS. The highest BCUT2D eigenvalue weighted by Gasteiger charge is 2.16. The average Bonchev–Trinajstić information content (AvgIpc) is 2.80. The number of carbonyl (C=O) groups is 1. The lowest BCUT2D eigenvalue weighted by Crippen LogP contribution is -2.13. The Hall–Kier alpha value is -2.79. The third kappa shape index (κ3) is 5.59. The normalized spacial score (nSPS) is 10.8. The lowest BCUT2D eigenvalue weighted by Gasteiger charge is -2.14. The molecule has 3 aromatic carbocycles. The van der Waals surface area contributed by atoms with E-state index >= 15 is 0 Å². The van der Waals surface area contributed by atoms with E-state index in [1.807, 2.05) is 61.5 Å². The lowest BCUT2D eigenvalue weighted by molar-refractivity contribution is 0.102. The number of aromatic nitrogens is 1. The zero-order valence-electron chi connectivity index (χ0n) is 18.2. The van der Waals surface area contributed by atoms with Gasteiger partial charge in [0.25, 0.3) is 5.91 Å². The van der Waals surface area contributed by atoms with Crippen LogP contribution in [0.1, 0.15) is 22.8 Å². The van der Waals surface area contributed by atoms with Crippen LogP contribution in [0.4, 0.5) is 5.69 Å². The summed E-state index contributed by atoms with van der Waals surface area (Å²) in [4.78, 5) is 18.9. The van der Waals surface area contributed by atoms with Gasteiger partial charge in [0.2, 0.25) is 0 Å². The molecule has 0 fully saturated rings. The zero-order valence-corrected chi connectivity index (χ0v) is 20.6. The van der Waals surface area contributed by atoms with E-state index in [9.17, 15) is 4.79 Å². The molecule has 0 saturated heterocycles. The van der Waals surface area contributed by atoms with Crippen molar-refractivity contribution in [2.75, 3.05) is 11.1 Å². The van der Waals surface area contributed by atoms with E-state index in [1.54, 1.807) is 30.1 Å². The van der Waals surface area contributed by atoms with Gasteiger partial charge in [-0.25, -0.2) is 0 Å². The van der Waals surface area contributed by atoms with Gasteiger partial charge in [-0.2, -0.15) is 0 Å². The minimum absolute atomic E-state index is 0.204. The van der Waals surface area contributed by atoms with E-state index in [-0.39, 0.29) is 5.91 Å². The second-order valence-corrected chi connectivity index (χ2v) is 9.70. The molecular weight excluding hydrogens is 471 g/mol.